The molecule has 0 saturated heterocycles. The molecule has 96 valence electrons. The number of fused-ring (bicyclic) bond motifs is 1. The maximum atomic E-state index is 6.25. The van der Waals surface area contributed by atoms with E-state index >= 15 is 0 Å². The predicted octanol–water partition coefficient (Wildman–Crippen LogP) is 4.47. The van der Waals surface area contributed by atoms with Gasteiger partial charge in [-0.25, -0.2) is 4.98 Å². The minimum absolute atomic E-state index is 0.275. The zero-order valence-electron chi connectivity index (χ0n) is 9.65. The summed E-state index contributed by atoms with van der Waals surface area (Å²) in [6, 6.07) is 7.16. The lowest BCUT2D eigenvalue weighted by Crippen LogP contribution is -2.00. The number of hydrogen-bond donors (Lipinski definition) is 0. The van der Waals surface area contributed by atoms with Crippen molar-refractivity contribution >= 4 is 45.8 Å². The molecule has 1 aromatic carbocycles. The van der Waals surface area contributed by atoms with Gasteiger partial charge in [-0.1, -0.05) is 23.2 Å². The van der Waals surface area contributed by atoms with Gasteiger partial charge in [0.1, 0.15) is 11.3 Å². The monoisotopic (exact) mass is 311 g/mol. The van der Waals surface area contributed by atoms with Crippen LogP contribution in [0.25, 0.3) is 16.7 Å². The van der Waals surface area contributed by atoms with Crippen molar-refractivity contribution in [1.82, 2.24) is 14.5 Å². The molecule has 0 saturated carbocycles. The van der Waals surface area contributed by atoms with Crippen molar-refractivity contribution < 1.29 is 0 Å². The van der Waals surface area contributed by atoms with Gasteiger partial charge in [0.2, 0.25) is 0 Å². The van der Waals surface area contributed by atoms with E-state index in [1.54, 1.807) is 30.6 Å². The molecule has 0 radical (unpaired) electrons. The first-order valence-electron chi connectivity index (χ1n) is 5.53. The summed E-state index contributed by atoms with van der Waals surface area (Å²) in [5.74, 6) is 0.978. The van der Waals surface area contributed by atoms with Gasteiger partial charge < -0.3 is 0 Å². The second-order valence-corrected chi connectivity index (χ2v) is 5.07. The van der Waals surface area contributed by atoms with E-state index in [0.717, 1.165) is 16.7 Å². The van der Waals surface area contributed by atoms with Gasteiger partial charge in [0.15, 0.2) is 0 Å². The van der Waals surface area contributed by atoms with Crippen LogP contribution in [0.5, 0.6) is 0 Å². The molecule has 0 N–H and O–H groups in total. The lowest BCUT2D eigenvalue weighted by Gasteiger charge is -2.10. The number of imidazole rings is 1. The molecule has 0 bridgehead atoms. The SMILES string of the molecule is ClCc1nc2cnccc2n1-c1cc(Cl)ccc1Cl. The molecule has 3 nitrogen and oxygen atoms in total. The number of nitrogens with zero attached hydrogens (tertiary/aromatic N) is 3. The Morgan fingerprint density at radius 3 is 2.79 bits per heavy atom. The Balaban J connectivity index is 2.37. The van der Waals surface area contributed by atoms with E-state index in [9.17, 15) is 0 Å². The average Bonchev–Trinajstić information content (AvgIpc) is 2.80. The molecule has 19 heavy (non-hydrogen) atoms. The molecule has 0 aliphatic carbocycles. The second kappa shape index (κ2) is 5.00. The highest BCUT2D eigenvalue weighted by Crippen LogP contribution is 2.29. The maximum Gasteiger partial charge on any atom is 0.129 e. The van der Waals surface area contributed by atoms with Gasteiger partial charge in [-0.15, -0.1) is 11.6 Å². The molecule has 0 fully saturated rings. The fraction of sp³-hybridized carbons (Fsp3) is 0.0769. The molecule has 2 heterocycles. The Bertz CT molecular complexity index is 752. The maximum absolute atomic E-state index is 6.25. The quantitative estimate of drug-likeness (QED) is 0.654. The lowest BCUT2D eigenvalue weighted by atomic mass is 10.3. The Hall–Kier alpha value is -1.29. The first-order valence-corrected chi connectivity index (χ1v) is 6.82. The van der Waals surface area contributed by atoms with E-state index in [4.69, 9.17) is 34.8 Å². The Morgan fingerprint density at radius 2 is 2.00 bits per heavy atom. The topological polar surface area (TPSA) is 30.7 Å². The summed E-state index contributed by atoms with van der Waals surface area (Å²) in [6.45, 7) is 0. The molecule has 3 aromatic rings. The highest BCUT2D eigenvalue weighted by Gasteiger charge is 2.14. The zero-order chi connectivity index (χ0) is 13.4. The third kappa shape index (κ3) is 2.18. The molecule has 0 aliphatic heterocycles. The summed E-state index contributed by atoms with van der Waals surface area (Å²) in [4.78, 5) is 8.50. The molecule has 0 aliphatic rings. The number of pyridine rings is 1. The third-order valence-corrected chi connectivity index (χ3v) is 3.59. The summed E-state index contributed by atoms with van der Waals surface area (Å²) in [5, 5.41) is 1.20. The van der Waals surface area contributed by atoms with Crippen molar-refractivity contribution in [2.45, 2.75) is 5.88 Å². The van der Waals surface area contributed by atoms with Gasteiger partial charge in [0.25, 0.3) is 0 Å². The molecule has 3 rings (SSSR count). The van der Waals surface area contributed by atoms with Gasteiger partial charge in [-0.3, -0.25) is 9.55 Å². The number of benzene rings is 1. The van der Waals surface area contributed by atoms with Crippen molar-refractivity contribution in [2.75, 3.05) is 0 Å². The van der Waals surface area contributed by atoms with E-state index in [0.29, 0.717) is 15.9 Å². The summed E-state index contributed by atoms with van der Waals surface area (Å²) in [5.41, 5.74) is 2.43. The molecule has 6 heteroatoms. The number of alkyl halides is 1. The molecule has 2 aromatic heterocycles. The fourth-order valence-electron chi connectivity index (χ4n) is 2.00. The Morgan fingerprint density at radius 1 is 1.16 bits per heavy atom. The molecule has 0 unspecified atom stereocenters. The minimum atomic E-state index is 0.275. The largest absolute Gasteiger partial charge is 0.294 e. The van der Waals surface area contributed by atoms with E-state index in [2.05, 4.69) is 9.97 Å². The normalized spacial score (nSPS) is 11.1. The van der Waals surface area contributed by atoms with Crippen molar-refractivity contribution in [3.05, 3.63) is 52.5 Å². The third-order valence-electron chi connectivity index (χ3n) is 2.79. The van der Waals surface area contributed by atoms with Crippen LogP contribution < -0.4 is 0 Å². The first kappa shape index (κ1) is 12.7. The number of hydrogen-bond acceptors (Lipinski definition) is 2. The highest BCUT2D eigenvalue weighted by molar-refractivity contribution is 6.34. The van der Waals surface area contributed by atoms with Gasteiger partial charge in [0.05, 0.1) is 28.3 Å². The van der Waals surface area contributed by atoms with Crippen LogP contribution in [0.3, 0.4) is 0 Å². The summed E-state index contributed by atoms with van der Waals surface area (Å²) in [7, 11) is 0. The number of halogens is 3. The first-order chi connectivity index (χ1) is 9.20. The molecule has 0 spiro atoms. The molecule has 0 amide bonds. The molecular weight excluding hydrogens is 305 g/mol. The standard InChI is InChI=1S/C13H8Cl3N3/c14-6-13-18-10-7-17-4-3-11(10)19(13)12-5-8(15)1-2-9(12)16/h1-5,7H,6H2. The smallest absolute Gasteiger partial charge is 0.129 e. The summed E-state index contributed by atoms with van der Waals surface area (Å²) >= 11 is 18.3. The van der Waals surface area contributed by atoms with Gasteiger partial charge >= 0.3 is 0 Å². The van der Waals surface area contributed by atoms with Crippen LogP contribution in [0.15, 0.2) is 36.7 Å². The zero-order valence-corrected chi connectivity index (χ0v) is 11.9. The van der Waals surface area contributed by atoms with Crippen molar-refractivity contribution in [3.63, 3.8) is 0 Å². The Kier molecular flexibility index (Phi) is 3.35. The van der Waals surface area contributed by atoms with Crippen molar-refractivity contribution in [1.29, 1.82) is 0 Å². The number of aromatic nitrogens is 3. The van der Waals surface area contributed by atoms with Gasteiger partial charge in [-0.2, -0.15) is 0 Å². The lowest BCUT2D eigenvalue weighted by molar-refractivity contribution is 0.982. The summed E-state index contributed by atoms with van der Waals surface area (Å²) < 4.78 is 1.90. The molecule has 0 atom stereocenters. The highest BCUT2D eigenvalue weighted by atomic mass is 35.5. The van der Waals surface area contributed by atoms with Crippen LogP contribution in [0.1, 0.15) is 5.82 Å². The van der Waals surface area contributed by atoms with E-state index in [1.807, 2.05) is 10.6 Å². The fourth-order valence-corrected chi connectivity index (χ4v) is 2.55. The number of rotatable bonds is 2. The average molecular weight is 313 g/mol. The van der Waals surface area contributed by atoms with E-state index < -0.39 is 0 Å². The second-order valence-electron chi connectivity index (χ2n) is 3.96. The minimum Gasteiger partial charge on any atom is -0.294 e. The van der Waals surface area contributed by atoms with E-state index in [-0.39, 0.29) is 5.88 Å². The van der Waals surface area contributed by atoms with Crippen molar-refractivity contribution in [3.8, 4) is 5.69 Å². The van der Waals surface area contributed by atoms with Crippen LogP contribution in [-0.2, 0) is 5.88 Å². The van der Waals surface area contributed by atoms with Crippen LogP contribution in [0.4, 0.5) is 0 Å². The van der Waals surface area contributed by atoms with Crippen molar-refractivity contribution in [2.24, 2.45) is 0 Å². The van der Waals surface area contributed by atoms with Gasteiger partial charge in [0, 0.05) is 11.2 Å². The van der Waals surface area contributed by atoms with Crippen LogP contribution in [0, 0.1) is 0 Å². The van der Waals surface area contributed by atoms with Gasteiger partial charge in [-0.05, 0) is 24.3 Å². The van der Waals surface area contributed by atoms with Crippen LogP contribution >= 0.6 is 34.8 Å². The van der Waals surface area contributed by atoms with Crippen LogP contribution in [-0.4, -0.2) is 14.5 Å². The summed E-state index contributed by atoms with van der Waals surface area (Å²) in [6.07, 6.45) is 3.40. The van der Waals surface area contributed by atoms with Crippen LogP contribution in [0.2, 0.25) is 10.0 Å². The molecular formula is C13H8Cl3N3. The van der Waals surface area contributed by atoms with E-state index in [1.165, 1.54) is 0 Å². The predicted molar refractivity (Wildman–Crippen MR) is 78.4 cm³/mol. The Labute approximate surface area is 124 Å².